The summed E-state index contributed by atoms with van der Waals surface area (Å²) in [5.74, 6) is 0. The maximum absolute atomic E-state index is 9.70. The molecule has 2 unspecified atom stereocenters. The van der Waals surface area contributed by atoms with E-state index in [0.717, 1.165) is 18.4 Å². The van der Waals surface area contributed by atoms with Crippen molar-refractivity contribution in [3.63, 3.8) is 0 Å². The number of anilines is 1. The number of hydrogen-bond acceptors (Lipinski definition) is 2. The molecule has 0 bridgehead atoms. The third kappa shape index (κ3) is 2.99. The zero-order valence-corrected chi connectivity index (χ0v) is 10.8. The summed E-state index contributed by atoms with van der Waals surface area (Å²) in [6.45, 7) is 6.40. The van der Waals surface area contributed by atoms with Crippen LogP contribution in [0.5, 0.6) is 0 Å². The Balaban J connectivity index is 2.78. The standard InChI is InChI=1S/C14H23NO/c1-5-11(3)15(4)13-9-7-12(8-10-13)14(16)6-2/h7-11,14,16H,5-6H2,1-4H3. The fourth-order valence-electron chi connectivity index (χ4n) is 1.70. The first-order valence-corrected chi connectivity index (χ1v) is 6.11. The van der Waals surface area contributed by atoms with Crippen LogP contribution < -0.4 is 4.90 Å². The molecule has 0 aliphatic heterocycles. The summed E-state index contributed by atoms with van der Waals surface area (Å²) in [4.78, 5) is 2.27. The minimum atomic E-state index is -0.331. The van der Waals surface area contributed by atoms with E-state index in [-0.39, 0.29) is 6.10 Å². The van der Waals surface area contributed by atoms with Gasteiger partial charge >= 0.3 is 0 Å². The molecule has 1 N–H and O–H groups in total. The van der Waals surface area contributed by atoms with Crippen molar-refractivity contribution < 1.29 is 5.11 Å². The normalized spacial score (nSPS) is 14.6. The van der Waals surface area contributed by atoms with Crippen LogP contribution in [0.3, 0.4) is 0 Å². The Labute approximate surface area is 98.9 Å². The van der Waals surface area contributed by atoms with Crippen LogP contribution in [0, 0.1) is 0 Å². The van der Waals surface area contributed by atoms with Gasteiger partial charge in [0.25, 0.3) is 0 Å². The van der Waals surface area contributed by atoms with E-state index < -0.39 is 0 Å². The molecule has 0 saturated carbocycles. The minimum absolute atomic E-state index is 0.331. The molecular weight excluding hydrogens is 198 g/mol. The summed E-state index contributed by atoms with van der Waals surface area (Å²) in [7, 11) is 2.11. The van der Waals surface area contributed by atoms with Crippen molar-refractivity contribution >= 4 is 5.69 Å². The van der Waals surface area contributed by atoms with Crippen molar-refractivity contribution in [2.24, 2.45) is 0 Å². The van der Waals surface area contributed by atoms with Crippen molar-refractivity contribution in [1.29, 1.82) is 0 Å². The van der Waals surface area contributed by atoms with Gasteiger partial charge in [0, 0.05) is 18.8 Å². The molecule has 0 saturated heterocycles. The second-order valence-electron chi connectivity index (χ2n) is 4.38. The molecule has 2 atom stereocenters. The lowest BCUT2D eigenvalue weighted by atomic mass is 10.1. The van der Waals surface area contributed by atoms with Gasteiger partial charge in [-0.15, -0.1) is 0 Å². The highest BCUT2D eigenvalue weighted by Gasteiger charge is 2.09. The van der Waals surface area contributed by atoms with Crippen LogP contribution in [-0.4, -0.2) is 18.2 Å². The average molecular weight is 221 g/mol. The topological polar surface area (TPSA) is 23.5 Å². The monoisotopic (exact) mass is 221 g/mol. The largest absolute Gasteiger partial charge is 0.388 e. The lowest BCUT2D eigenvalue weighted by Gasteiger charge is -2.26. The van der Waals surface area contributed by atoms with Gasteiger partial charge in [-0.2, -0.15) is 0 Å². The van der Waals surface area contributed by atoms with E-state index in [4.69, 9.17) is 0 Å². The van der Waals surface area contributed by atoms with E-state index in [1.807, 2.05) is 19.1 Å². The second kappa shape index (κ2) is 5.90. The number of aliphatic hydroxyl groups excluding tert-OH is 1. The predicted octanol–water partition coefficient (Wildman–Crippen LogP) is 3.36. The van der Waals surface area contributed by atoms with Crippen LogP contribution in [0.25, 0.3) is 0 Å². The smallest absolute Gasteiger partial charge is 0.0787 e. The predicted molar refractivity (Wildman–Crippen MR) is 69.8 cm³/mol. The third-order valence-corrected chi connectivity index (χ3v) is 3.32. The maximum atomic E-state index is 9.70. The highest BCUT2D eigenvalue weighted by molar-refractivity contribution is 5.47. The molecule has 16 heavy (non-hydrogen) atoms. The molecule has 1 aromatic rings. The summed E-state index contributed by atoms with van der Waals surface area (Å²) in [6, 6.07) is 8.74. The van der Waals surface area contributed by atoms with Gasteiger partial charge in [0.15, 0.2) is 0 Å². The van der Waals surface area contributed by atoms with E-state index in [2.05, 4.69) is 37.9 Å². The molecule has 1 rings (SSSR count). The van der Waals surface area contributed by atoms with Crippen LogP contribution >= 0.6 is 0 Å². The van der Waals surface area contributed by atoms with Crippen LogP contribution in [0.1, 0.15) is 45.3 Å². The lowest BCUT2D eigenvalue weighted by Crippen LogP contribution is -2.27. The summed E-state index contributed by atoms with van der Waals surface area (Å²) in [5, 5.41) is 9.70. The highest BCUT2D eigenvalue weighted by Crippen LogP contribution is 2.21. The quantitative estimate of drug-likeness (QED) is 0.824. The van der Waals surface area contributed by atoms with Gasteiger partial charge in [0.05, 0.1) is 6.10 Å². The summed E-state index contributed by atoms with van der Waals surface area (Å²) in [5.41, 5.74) is 2.21. The van der Waals surface area contributed by atoms with Gasteiger partial charge in [-0.3, -0.25) is 0 Å². The first kappa shape index (κ1) is 13.0. The Morgan fingerprint density at radius 2 is 1.69 bits per heavy atom. The van der Waals surface area contributed by atoms with Crippen LogP contribution in [0.2, 0.25) is 0 Å². The number of rotatable bonds is 5. The van der Waals surface area contributed by atoms with Crippen molar-refractivity contribution in [3.05, 3.63) is 29.8 Å². The molecular formula is C14H23NO. The van der Waals surface area contributed by atoms with Crippen molar-refractivity contribution in [3.8, 4) is 0 Å². The minimum Gasteiger partial charge on any atom is -0.388 e. The molecule has 1 aromatic carbocycles. The fraction of sp³-hybridized carbons (Fsp3) is 0.571. The van der Waals surface area contributed by atoms with E-state index in [9.17, 15) is 5.11 Å². The molecule has 2 nitrogen and oxygen atoms in total. The van der Waals surface area contributed by atoms with Crippen LogP contribution in [-0.2, 0) is 0 Å². The first-order valence-electron chi connectivity index (χ1n) is 6.11. The molecule has 0 aliphatic rings. The van der Waals surface area contributed by atoms with Crippen LogP contribution in [0.4, 0.5) is 5.69 Å². The Bertz CT molecular complexity index is 307. The molecule has 0 amide bonds. The zero-order valence-electron chi connectivity index (χ0n) is 10.8. The number of nitrogens with zero attached hydrogens (tertiary/aromatic N) is 1. The number of hydrogen-bond donors (Lipinski definition) is 1. The number of aliphatic hydroxyl groups is 1. The van der Waals surface area contributed by atoms with E-state index in [1.54, 1.807) is 0 Å². The molecule has 0 radical (unpaired) electrons. The molecule has 0 aliphatic carbocycles. The van der Waals surface area contributed by atoms with E-state index in [1.165, 1.54) is 5.69 Å². The molecule has 0 aromatic heterocycles. The van der Waals surface area contributed by atoms with Crippen molar-refractivity contribution in [1.82, 2.24) is 0 Å². The average Bonchev–Trinajstić information content (AvgIpc) is 2.36. The first-order chi connectivity index (χ1) is 7.60. The lowest BCUT2D eigenvalue weighted by molar-refractivity contribution is 0.173. The van der Waals surface area contributed by atoms with Gasteiger partial charge in [0.1, 0.15) is 0 Å². The molecule has 90 valence electrons. The molecule has 0 spiro atoms. The van der Waals surface area contributed by atoms with Gasteiger partial charge in [-0.05, 0) is 37.5 Å². The van der Waals surface area contributed by atoms with Gasteiger partial charge in [0.2, 0.25) is 0 Å². The zero-order chi connectivity index (χ0) is 12.1. The second-order valence-corrected chi connectivity index (χ2v) is 4.38. The molecule has 0 heterocycles. The number of benzene rings is 1. The van der Waals surface area contributed by atoms with Crippen LogP contribution in [0.15, 0.2) is 24.3 Å². The van der Waals surface area contributed by atoms with E-state index in [0.29, 0.717) is 6.04 Å². The maximum Gasteiger partial charge on any atom is 0.0787 e. The van der Waals surface area contributed by atoms with Crippen molar-refractivity contribution in [2.45, 2.75) is 45.8 Å². The van der Waals surface area contributed by atoms with Gasteiger partial charge < -0.3 is 10.0 Å². The van der Waals surface area contributed by atoms with E-state index >= 15 is 0 Å². The van der Waals surface area contributed by atoms with Gasteiger partial charge in [-0.1, -0.05) is 26.0 Å². The Kier molecular flexibility index (Phi) is 4.81. The summed E-state index contributed by atoms with van der Waals surface area (Å²) >= 11 is 0. The third-order valence-electron chi connectivity index (χ3n) is 3.32. The summed E-state index contributed by atoms with van der Waals surface area (Å²) in [6.07, 6.45) is 1.57. The summed E-state index contributed by atoms with van der Waals surface area (Å²) < 4.78 is 0. The Morgan fingerprint density at radius 1 is 1.12 bits per heavy atom. The molecule has 0 fully saturated rings. The fourth-order valence-corrected chi connectivity index (χ4v) is 1.70. The van der Waals surface area contributed by atoms with Gasteiger partial charge in [-0.25, -0.2) is 0 Å². The highest BCUT2D eigenvalue weighted by atomic mass is 16.3. The SMILES string of the molecule is CCC(O)c1ccc(N(C)C(C)CC)cc1. The Hall–Kier alpha value is -1.02. The Morgan fingerprint density at radius 3 is 2.12 bits per heavy atom. The van der Waals surface area contributed by atoms with Crippen molar-refractivity contribution in [2.75, 3.05) is 11.9 Å². The molecule has 2 heteroatoms.